The van der Waals surface area contributed by atoms with E-state index in [1.54, 1.807) is 20.3 Å². The summed E-state index contributed by atoms with van der Waals surface area (Å²) in [4.78, 5) is 26.0. The zero-order chi connectivity index (χ0) is 26.5. The molecule has 10 heteroatoms. The number of piperazine rings is 1. The van der Waals surface area contributed by atoms with Gasteiger partial charge in [-0.25, -0.2) is 4.98 Å². The predicted molar refractivity (Wildman–Crippen MR) is 148 cm³/mol. The van der Waals surface area contributed by atoms with Gasteiger partial charge in [0.05, 0.1) is 24.9 Å². The summed E-state index contributed by atoms with van der Waals surface area (Å²) >= 11 is 6.38. The first-order valence-electron chi connectivity index (χ1n) is 12.6. The van der Waals surface area contributed by atoms with Gasteiger partial charge < -0.3 is 28.6 Å². The van der Waals surface area contributed by atoms with Crippen LogP contribution in [0, 0.1) is 0 Å². The molecule has 0 atom stereocenters. The third-order valence-corrected chi connectivity index (χ3v) is 7.18. The molecular weight excluding hydrogens is 492 g/mol. The highest BCUT2D eigenvalue weighted by Crippen LogP contribution is 2.38. The zero-order valence-corrected chi connectivity index (χ0v) is 23.2. The maximum Gasteiger partial charge on any atom is 0.223 e. The summed E-state index contributed by atoms with van der Waals surface area (Å²) in [6, 6.07) is 7.84. The Morgan fingerprint density at radius 3 is 2.43 bits per heavy atom. The van der Waals surface area contributed by atoms with Crippen molar-refractivity contribution in [1.82, 2.24) is 24.1 Å². The number of amides is 1. The highest BCUT2D eigenvalue weighted by atomic mass is 35.5. The maximum absolute atomic E-state index is 12.4. The number of anilines is 1. The van der Waals surface area contributed by atoms with Crippen LogP contribution < -0.4 is 14.4 Å². The molecule has 3 aromatic rings. The van der Waals surface area contributed by atoms with Crippen molar-refractivity contribution in [2.75, 3.05) is 86.1 Å². The van der Waals surface area contributed by atoms with E-state index in [9.17, 15) is 4.79 Å². The van der Waals surface area contributed by atoms with Crippen molar-refractivity contribution in [3.05, 3.63) is 41.7 Å². The number of hydrogen-bond acceptors (Lipinski definition) is 7. The van der Waals surface area contributed by atoms with Crippen molar-refractivity contribution in [1.29, 1.82) is 0 Å². The van der Waals surface area contributed by atoms with Crippen LogP contribution in [0.5, 0.6) is 11.5 Å². The highest BCUT2D eigenvalue weighted by Gasteiger charge is 2.20. The monoisotopic (exact) mass is 528 g/mol. The summed E-state index contributed by atoms with van der Waals surface area (Å²) in [7, 11) is 9.14. The molecule has 0 spiro atoms. The average molecular weight is 529 g/mol. The van der Waals surface area contributed by atoms with E-state index in [4.69, 9.17) is 26.1 Å². The Kier molecular flexibility index (Phi) is 8.79. The van der Waals surface area contributed by atoms with Gasteiger partial charge in [-0.05, 0) is 26.2 Å². The largest absolute Gasteiger partial charge is 0.496 e. The number of methoxy groups -OCH3 is 2. The minimum absolute atomic E-state index is 0.208. The van der Waals surface area contributed by atoms with Crippen molar-refractivity contribution < 1.29 is 14.3 Å². The molecule has 2 aromatic heterocycles. The smallest absolute Gasteiger partial charge is 0.223 e. The Balaban J connectivity index is 1.37. The molecule has 0 N–H and O–H groups in total. The fraction of sp³-hybridized carbons (Fsp3) is 0.481. The van der Waals surface area contributed by atoms with Crippen LogP contribution in [0.15, 0.2) is 36.7 Å². The van der Waals surface area contributed by atoms with E-state index in [0.29, 0.717) is 22.9 Å². The quantitative estimate of drug-likeness (QED) is 0.400. The van der Waals surface area contributed by atoms with Crippen LogP contribution in [0.4, 0.5) is 5.69 Å². The molecule has 1 saturated heterocycles. The second-order valence-electron chi connectivity index (χ2n) is 9.66. The number of hydrogen-bond donors (Lipinski definition) is 0. The number of benzene rings is 1. The van der Waals surface area contributed by atoms with Crippen LogP contribution in [0.25, 0.3) is 16.9 Å². The van der Waals surface area contributed by atoms with Crippen molar-refractivity contribution in [3.8, 4) is 22.8 Å². The van der Waals surface area contributed by atoms with E-state index in [2.05, 4.69) is 26.8 Å². The maximum atomic E-state index is 12.4. The van der Waals surface area contributed by atoms with Crippen molar-refractivity contribution in [3.63, 3.8) is 0 Å². The molecule has 0 unspecified atom stereocenters. The first-order chi connectivity index (χ1) is 17.8. The summed E-state index contributed by atoms with van der Waals surface area (Å²) in [5, 5.41) is 0.510. The van der Waals surface area contributed by atoms with Crippen LogP contribution in [0.1, 0.15) is 6.42 Å². The topological polar surface area (TPSA) is 65.8 Å². The minimum Gasteiger partial charge on any atom is -0.496 e. The fourth-order valence-electron chi connectivity index (χ4n) is 4.51. The summed E-state index contributed by atoms with van der Waals surface area (Å²) in [5.41, 5.74) is 3.59. The molecule has 3 heterocycles. The zero-order valence-electron chi connectivity index (χ0n) is 22.4. The van der Waals surface area contributed by atoms with Crippen LogP contribution in [-0.4, -0.2) is 111 Å². The molecule has 1 aliphatic rings. The van der Waals surface area contributed by atoms with Crippen LogP contribution >= 0.6 is 11.6 Å². The van der Waals surface area contributed by atoms with Gasteiger partial charge in [0.25, 0.3) is 0 Å². The SMILES string of the molecule is COc1cc(OC)c(-c2cn3ccc(N4CCN(CCC(=O)N(C)CCN(C)C)CC4)cc3n2)cc1Cl. The van der Waals surface area contributed by atoms with Crippen LogP contribution in [0.2, 0.25) is 5.02 Å². The van der Waals surface area contributed by atoms with E-state index in [0.717, 1.165) is 68.4 Å². The van der Waals surface area contributed by atoms with Crippen molar-refractivity contribution >= 4 is 28.8 Å². The second-order valence-corrected chi connectivity index (χ2v) is 10.1. The highest BCUT2D eigenvalue weighted by molar-refractivity contribution is 6.32. The lowest BCUT2D eigenvalue weighted by molar-refractivity contribution is -0.130. The lowest BCUT2D eigenvalue weighted by atomic mass is 10.1. The summed E-state index contributed by atoms with van der Waals surface area (Å²) in [5.74, 6) is 1.43. The minimum atomic E-state index is 0.208. The van der Waals surface area contributed by atoms with E-state index in [1.165, 1.54) is 0 Å². The fourth-order valence-corrected chi connectivity index (χ4v) is 4.75. The van der Waals surface area contributed by atoms with Crippen LogP contribution in [0.3, 0.4) is 0 Å². The van der Waals surface area contributed by atoms with Gasteiger partial charge in [0.2, 0.25) is 5.91 Å². The Hall–Kier alpha value is -3.01. The van der Waals surface area contributed by atoms with Gasteiger partial charge in [-0.3, -0.25) is 9.69 Å². The molecule has 200 valence electrons. The number of carbonyl (C=O) groups excluding carboxylic acids is 1. The number of pyridine rings is 1. The number of nitrogens with zero attached hydrogens (tertiary/aromatic N) is 6. The number of aromatic nitrogens is 2. The lowest BCUT2D eigenvalue weighted by Gasteiger charge is -2.36. The van der Waals surface area contributed by atoms with Crippen molar-refractivity contribution in [2.24, 2.45) is 0 Å². The molecule has 1 aromatic carbocycles. The Morgan fingerprint density at radius 2 is 1.76 bits per heavy atom. The summed E-state index contributed by atoms with van der Waals surface area (Å²) in [6.45, 7) is 6.13. The number of rotatable bonds is 10. The van der Waals surface area contributed by atoms with Gasteiger partial charge in [0.15, 0.2) is 0 Å². The first-order valence-corrected chi connectivity index (χ1v) is 12.9. The standard InChI is InChI=1S/C27H37ClN6O3/c1-30(2)10-11-31(3)27(35)7-8-32-12-14-33(15-13-32)20-6-9-34-19-23(29-26(34)16-20)21-17-22(28)25(37-5)18-24(21)36-4/h6,9,16-19H,7-8,10-15H2,1-5H3. The average Bonchev–Trinajstić information content (AvgIpc) is 3.33. The molecular formula is C27H37ClN6O3. The normalized spacial score (nSPS) is 14.4. The Bertz CT molecular complexity index is 1220. The predicted octanol–water partition coefficient (Wildman–Crippen LogP) is 3.20. The Labute approximate surface area is 224 Å². The summed E-state index contributed by atoms with van der Waals surface area (Å²) in [6.07, 6.45) is 4.57. The lowest BCUT2D eigenvalue weighted by Crippen LogP contribution is -2.47. The molecule has 1 aliphatic heterocycles. The number of halogens is 1. The second kappa shape index (κ2) is 12.0. The summed E-state index contributed by atoms with van der Waals surface area (Å²) < 4.78 is 12.9. The van der Waals surface area contributed by atoms with E-state index < -0.39 is 0 Å². The molecule has 0 saturated carbocycles. The third-order valence-electron chi connectivity index (χ3n) is 6.88. The molecule has 1 amide bonds. The number of ether oxygens (including phenoxy) is 2. The van der Waals surface area contributed by atoms with Gasteiger partial charge in [-0.15, -0.1) is 0 Å². The number of fused-ring (bicyclic) bond motifs is 1. The molecule has 0 radical (unpaired) electrons. The van der Waals surface area contributed by atoms with Crippen LogP contribution in [-0.2, 0) is 4.79 Å². The van der Waals surface area contributed by atoms with Gasteiger partial charge in [-0.1, -0.05) is 11.6 Å². The van der Waals surface area contributed by atoms with Gasteiger partial charge in [0, 0.05) is 95.1 Å². The van der Waals surface area contributed by atoms with E-state index >= 15 is 0 Å². The first kappa shape index (κ1) is 27.0. The third kappa shape index (κ3) is 6.47. The molecule has 0 bridgehead atoms. The molecule has 1 fully saturated rings. The van der Waals surface area contributed by atoms with E-state index in [-0.39, 0.29) is 5.91 Å². The number of imidazole rings is 1. The van der Waals surface area contributed by atoms with Gasteiger partial charge in [0.1, 0.15) is 17.1 Å². The van der Waals surface area contributed by atoms with E-state index in [1.807, 2.05) is 48.9 Å². The Morgan fingerprint density at radius 1 is 1.03 bits per heavy atom. The van der Waals surface area contributed by atoms with Gasteiger partial charge in [-0.2, -0.15) is 0 Å². The number of carbonyl (C=O) groups is 1. The number of likely N-dealkylation sites (N-methyl/N-ethyl adjacent to an activating group) is 2. The molecule has 4 rings (SSSR count). The molecule has 37 heavy (non-hydrogen) atoms. The molecule has 0 aliphatic carbocycles. The van der Waals surface area contributed by atoms with Gasteiger partial charge >= 0.3 is 0 Å². The van der Waals surface area contributed by atoms with Crippen molar-refractivity contribution in [2.45, 2.75) is 6.42 Å². The molecule has 9 nitrogen and oxygen atoms in total.